The average molecular weight is 780 g/mol. The summed E-state index contributed by atoms with van der Waals surface area (Å²) in [4.78, 5) is 35.1. The van der Waals surface area contributed by atoms with E-state index in [1.807, 2.05) is 0 Å². The molecule has 0 aromatic rings. The summed E-state index contributed by atoms with van der Waals surface area (Å²) in [6, 6.07) is 0. The molecule has 6 heteroatoms. The van der Waals surface area contributed by atoms with E-state index in [4.69, 9.17) is 9.84 Å². The fraction of sp³-hybridized carbons (Fsp3) is 0.700. The highest BCUT2D eigenvalue weighted by molar-refractivity contribution is 5.80. The molecule has 0 aromatic heterocycles. The minimum Gasteiger partial charge on any atom is -0.480 e. The minimum atomic E-state index is -1.02. The zero-order valence-corrected chi connectivity index (χ0v) is 36.2. The Labute approximate surface area is 344 Å². The average Bonchev–Trinajstić information content (AvgIpc) is 3.18. The summed E-state index contributed by atoms with van der Waals surface area (Å²) < 4.78 is 6.03. The predicted molar refractivity (Wildman–Crippen MR) is 240 cm³/mol. The highest BCUT2D eigenvalue weighted by atomic mass is 16.5. The van der Waals surface area contributed by atoms with Crippen LogP contribution in [0.4, 0.5) is 0 Å². The Bertz CT molecular complexity index is 1090. The van der Waals surface area contributed by atoms with Gasteiger partial charge in [-0.25, -0.2) is 0 Å². The van der Waals surface area contributed by atoms with Gasteiger partial charge in [-0.2, -0.15) is 0 Å². The third kappa shape index (κ3) is 43.6. The number of aliphatic carboxylic acids is 1. The third-order valence-electron chi connectivity index (χ3n) is 9.86. The first-order valence-electron chi connectivity index (χ1n) is 23.1. The molecule has 0 heterocycles. The van der Waals surface area contributed by atoms with E-state index in [1.54, 1.807) is 0 Å². The van der Waals surface area contributed by atoms with Crippen molar-refractivity contribution in [2.24, 2.45) is 0 Å². The number of carboxylic acids is 1. The molecule has 1 atom stereocenters. The van der Waals surface area contributed by atoms with Crippen molar-refractivity contribution in [1.82, 2.24) is 5.32 Å². The number of ether oxygens (including phenoxy) is 1. The lowest BCUT2D eigenvalue weighted by molar-refractivity contribution is -0.150. The van der Waals surface area contributed by atoms with Gasteiger partial charge in [0, 0.05) is 12.8 Å². The molecular weight excluding hydrogens is 695 g/mol. The van der Waals surface area contributed by atoms with Crippen LogP contribution in [-0.2, 0) is 19.1 Å². The number of carbonyl (C=O) groups is 3. The van der Waals surface area contributed by atoms with Crippen LogP contribution in [0.15, 0.2) is 72.9 Å². The van der Waals surface area contributed by atoms with E-state index < -0.39 is 5.97 Å². The zero-order valence-electron chi connectivity index (χ0n) is 36.2. The summed E-state index contributed by atoms with van der Waals surface area (Å²) in [5.41, 5.74) is 0. The lowest BCUT2D eigenvalue weighted by Crippen LogP contribution is -2.28. The van der Waals surface area contributed by atoms with Crippen molar-refractivity contribution in [2.75, 3.05) is 6.54 Å². The second-order valence-corrected chi connectivity index (χ2v) is 15.3. The van der Waals surface area contributed by atoms with Crippen molar-refractivity contribution < 1.29 is 24.2 Å². The van der Waals surface area contributed by atoms with E-state index >= 15 is 0 Å². The molecule has 0 fully saturated rings. The first-order valence-corrected chi connectivity index (χ1v) is 23.1. The summed E-state index contributed by atoms with van der Waals surface area (Å²) in [5.74, 6) is -1.26. The van der Waals surface area contributed by atoms with E-state index in [9.17, 15) is 14.4 Å². The standard InChI is InChI=1S/C50H85NO5/c1-3-5-7-9-11-13-15-17-19-20-21-22-24-26-28-30-32-37-41-45-50(55)56-47(43-39-35-33-36-40-44-48(52)51-46-49(53)54)42-38-34-31-29-27-25-23-18-16-14-12-10-8-6-4-2/h5,7,11,13,16-19,21-22,25,27,47H,3-4,6,8-10,12,14-15,20,23-24,26,28-46H2,1-2H3,(H,51,52)(H,53,54)/b7-5-,13-11-,18-16-,19-17-,22-21-,27-25-. The highest BCUT2D eigenvalue weighted by Crippen LogP contribution is 2.18. The van der Waals surface area contributed by atoms with Crippen LogP contribution in [0, 0.1) is 0 Å². The molecule has 56 heavy (non-hydrogen) atoms. The number of carbonyl (C=O) groups excluding carboxylic acids is 2. The molecule has 2 N–H and O–H groups in total. The molecule has 0 aliphatic carbocycles. The fourth-order valence-corrected chi connectivity index (χ4v) is 6.48. The van der Waals surface area contributed by atoms with Gasteiger partial charge in [-0.1, -0.05) is 164 Å². The number of amides is 1. The van der Waals surface area contributed by atoms with Crippen molar-refractivity contribution in [2.45, 2.75) is 219 Å². The molecule has 1 unspecified atom stereocenters. The number of hydrogen-bond acceptors (Lipinski definition) is 4. The maximum atomic E-state index is 12.8. The minimum absolute atomic E-state index is 0.00897. The predicted octanol–water partition coefficient (Wildman–Crippen LogP) is 14.6. The van der Waals surface area contributed by atoms with Crippen molar-refractivity contribution >= 4 is 17.8 Å². The summed E-state index contributed by atoms with van der Waals surface area (Å²) in [5, 5.41) is 11.1. The van der Waals surface area contributed by atoms with Gasteiger partial charge >= 0.3 is 11.9 Å². The second-order valence-electron chi connectivity index (χ2n) is 15.3. The summed E-state index contributed by atoms with van der Waals surface area (Å²) in [7, 11) is 0. The Balaban J connectivity index is 4.25. The first kappa shape index (κ1) is 52.9. The van der Waals surface area contributed by atoms with Crippen LogP contribution in [0.1, 0.15) is 213 Å². The molecule has 0 aliphatic rings. The molecule has 0 rings (SSSR count). The van der Waals surface area contributed by atoms with Gasteiger partial charge < -0.3 is 15.2 Å². The molecule has 0 spiro atoms. The Kier molecular flexibility index (Phi) is 42.1. The topological polar surface area (TPSA) is 92.7 Å². The lowest BCUT2D eigenvalue weighted by Gasteiger charge is -2.18. The SMILES string of the molecule is CC/C=C\C/C=C\C/C=C\C/C=C\CCCCCCCCC(=O)OC(CCCCC/C=C\C/C=C\CCCCCCC)CCCCCCCC(=O)NCC(=O)O. The van der Waals surface area contributed by atoms with Gasteiger partial charge in [0.25, 0.3) is 0 Å². The maximum Gasteiger partial charge on any atom is 0.322 e. The number of rotatable bonds is 41. The Hall–Kier alpha value is -3.15. The van der Waals surface area contributed by atoms with Crippen molar-refractivity contribution in [3.63, 3.8) is 0 Å². The molecule has 320 valence electrons. The largest absolute Gasteiger partial charge is 0.480 e. The Morgan fingerprint density at radius 2 is 0.875 bits per heavy atom. The molecule has 0 saturated heterocycles. The number of allylic oxidation sites excluding steroid dienone is 12. The maximum absolute atomic E-state index is 12.8. The number of carboxylic acid groups (broad SMARTS) is 1. The van der Waals surface area contributed by atoms with Gasteiger partial charge in [0.1, 0.15) is 12.6 Å². The van der Waals surface area contributed by atoms with Gasteiger partial charge in [-0.05, 0) is 109 Å². The summed E-state index contributed by atoms with van der Waals surface area (Å²) in [6.07, 6.45) is 60.2. The first-order chi connectivity index (χ1) is 27.5. The normalized spacial score (nSPS) is 12.8. The van der Waals surface area contributed by atoms with Crippen molar-refractivity contribution in [3.05, 3.63) is 72.9 Å². The molecule has 0 saturated carbocycles. The molecule has 6 nitrogen and oxygen atoms in total. The lowest BCUT2D eigenvalue weighted by atomic mass is 10.0. The van der Waals surface area contributed by atoms with Gasteiger partial charge in [0.05, 0.1) is 0 Å². The van der Waals surface area contributed by atoms with Crippen LogP contribution in [0.25, 0.3) is 0 Å². The zero-order chi connectivity index (χ0) is 40.8. The molecule has 0 aliphatic heterocycles. The van der Waals surface area contributed by atoms with Crippen LogP contribution < -0.4 is 5.32 Å². The smallest absolute Gasteiger partial charge is 0.322 e. The van der Waals surface area contributed by atoms with Crippen LogP contribution in [0.5, 0.6) is 0 Å². The van der Waals surface area contributed by atoms with Crippen LogP contribution >= 0.6 is 0 Å². The van der Waals surface area contributed by atoms with E-state index in [-0.39, 0.29) is 24.5 Å². The number of esters is 1. The molecular formula is C50H85NO5. The van der Waals surface area contributed by atoms with Gasteiger partial charge in [-0.15, -0.1) is 0 Å². The number of unbranched alkanes of at least 4 members (excludes halogenated alkanes) is 18. The second kappa shape index (κ2) is 44.6. The van der Waals surface area contributed by atoms with Crippen LogP contribution in [-0.4, -0.2) is 35.6 Å². The Morgan fingerprint density at radius 1 is 0.482 bits per heavy atom. The number of hydrogen-bond donors (Lipinski definition) is 2. The van der Waals surface area contributed by atoms with Gasteiger partial charge in [0.15, 0.2) is 0 Å². The highest BCUT2D eigenvalue weighted by Gasteiger charge is 2.14. The fourth-order valence-electron chi connectivity index (χ4n) is 6.48. The molecule has 0 radical (unpaired) electrons. The quantitative estimate of drug-likeness (QED) is 0.0366. The molecule has 0 aromatic carbocycles. The molecule has 0 bridgehead atoms. The van der Waals surface area contributed by atoms with Crippen molar-refractivity contribution in [1.29, 1.82) is 0 Å². The third-order valence-corrected chi connectivity index (χ3v) is 9.86. The summed E-state index contributed by atoms with van der Waals surface area (Å²) in [6.45, 7) is 4.10. The number of nitrogens with one attached hydrogen (secondary N) is 1. The van der Waals surface area contributed by atoms with Crippen LogP contribution in [0.3, 0.4) is 0 Å². The van der Waals surface area contributed by atoms with E-state index in [2.05, 4.69) is 92.1 Å². The monoisotopic (exact) mass is 780 g/mol. The summed E-state index contributed by atoms with van der Waals surface area (Å²) >= 11 is 0. The van der Waals surface area contributed by atoms with Gasteiger partial charge in [-0.3, -0.25) is 14.4 Å². The van der Waals surface area contributed by atoms with Crippen molar-refractivity contribution in [3.8, 4) is 0 Å². The van der Waals surface area contributed by atoms with Crippen LogP contribution in [0.2, 0.25) is 0 Å². The van der Waals surface area contributed by atoms with E-state index in [1.165, 1.54) is 70.6 Å². The van der Waals surface area contributed by atoms with E-state index in [0.29, 0.717) is 12.8 Å². The van der Waals surface area contributed by atoms with Gasteiger partial charge in [0.2, 0.25) is 5.91 Å². The molecule has 1 amide bonds. The van der Waals surface area contributed by atoms with E-state index in [0.717, 1.165) is 116 Å². The Morgan fingerprint density at radius 3 is 1.36 bits per heavy atom.